The monoisotopic (exact) mass is 302 g/mol. The van der Waals surface area contributed by atoms with E-state index < -0.39 is 0 Å². The summed E-state index contributed by atoms with van der Waals surface area (Å²) < 4.78 is 5.40. The van der Waals surface area contributed by atoms with E-state index in [0.717, 1.165) is 39.3 Å². The number of aliphatic hydroxyl groups excluding tert-OH is 1. The summed E-state index contributed by atoms with van der Waals surface area (Å²) in [5, 5.41) is 9.79. The van der Waals surface area contributed by atoms with Crippen molar-refractivity contribution in [2.45, 2.75) is 33.0 Å². The average Bonchev–Trinajstić information content (AvgIpc) is 2.27. The van der Waals surface area contributed by atoms with Crippen molar-refractivity contribution in [2.24, 2.45) is 0 Å². The van der Waals surface area contributed by atoms with Gasteiger partial charge in [0.15, 0.2) is 0 Å². The molecule has 1 fully saturated rings. The van der Waals surface area contributed by atoms with Gasteiger partial charge in [-0.3, -0.25) is 4.90 Å². The second-order valence-electron chi connectivity index (χ2n) is 4.77. The standard InChI is InChI=1S/C12H26N2O2.2ClH/c1-4-13-5-7-14(8-6-13)9-12(15)10-16-11(2)3;;/h11-12,15H,4-10H2,1-3H3;2*1H. The van der Waals surface area contributed by atoms with Crippen LogP contribution in [0.15, 0.2) is 0 Å². The Balaban J connectivity index is 0. The Kier molecular flexibility index (Phi) is 13.0. The van der Waals surface area contributed by atoms with Crippen molar-refractivity contribution in [3.05, 3.63) is 0 Å². The molecule has 0 amide bonds. The lowest BCUT2D eigenvalue weighted by Crippen LogP contribution is -2.48. The lowest BCUT2D eigenvalue weighted by atomic mass is 10.2. The van der Waals surface area contributed by atoms with Gasteiger partial charge in [0.05, 0.1) is 18.8 Å². The third-order valence-corrected chi connectivity index (χ3v) is 3.00. The van der Waals surface area contributed by atoms with Gasteiger partial charge in [0, 0.05) is 32.7 Å². The van der Waals surface area contributed by atoms with E-state index in [1.54, 1.807) is 0 Å². The van der Waals surface area contributed by atoms with Crippen LogP contribution < -0.4 is 0 Å². The van der Waals surface area contributed by atoms with E-state index in [1.165, 1.54) is 0 Å². The Morgan fingerprint density at radius 1 is 1.06 bits per heavy atom. The maximum Gasteiger partial charge on any atom is 0.0900 e. The van der Waals surface area contributed by atoms with Crippen molar-refractivity contribution >= 4 is 24.8 Å². The molecule has 0 aliphatic carbocycles. The maximum absolute atomic E-state index is 9.79. The molecule has 0 aromatic carbocycles. The fourth-order valence-electron chi connectivity index (χ4n) is 1.94. The Bertz CT molecular complexity index is 189. The maximum atomic E-state index is 9.79. The van der Waals surface area contributed by atoms with Gasteiger partial charge in [0.25, 0.3) is 0 Å². The molecular formula is C12H28Cl2N2O2. The number of halogens is 2. The van der Waals surface area contributed by atoms with Crippen molar-refractivity contribution in [2.75, 3.05) is 45.9 Å². The van der Waals surface area contributed by atoms with Gasteiger partial charge in [-0.25, -0.2) is 0 Å². The molecule has 0 aromatic heterocycles. The number of β-amino-alcohol motifs (C(OH)–C–C–N with tert-alkyl or cyclic N) is 1. The van der Waals surface area contributed by atoms with Gasteiger partial charge in [0.1, 0.15) is 0 Å². The number of rotatable bonds is 6. The average molecular weight is 303 g/mol. The Hall–Kier alpha value is 0.420. The summed E-state index contributed by atoms with van der Waals surface area (Å²) >= 11 is 0. The molecule has 0 saturated carbocycles. The van der Waals surface area contributed by atoms with E-state index in [2.05, 4.69) is 16.7 Å². The SMILES string of the molecule is CCN1CCN(CC(O)COC(C)C)CC1.Cl.Cl. The summed E-state index contributed by atoms with van der Waals surface area (Å²) in [6.45, 7) is 12.9. The van der Waals surface area contributed by atoms with E-state index in [1.807, 2.05) is 13.8 Å². The molecular weight excluding hydrogens is 275 g/mol. The molecule has 0 radical (unpaired) electrons. The minimum Gasteiger partial charge on any atom is -0.389 e. The van der Waals surface area contributed by atoms with Gasteiger partial charge in [0.2, 0.25) is 0 Å². The molecule has 18 heavy (non-hydrogen) atoms. The van der Waals surface area contributed by atoms with Crippen LogP contribution in [0.5, 0.6) is 0 Å². The van der Waals surface area contributed by atoms with Crippen molar-refractivity contribution in [1.29, 1.82) is 0 Å². The Morgan fingerprint density at radius 2 is 1.56 bits per heavy atom. The van der Waals surface area contributed by atoms with Crippen LogP contribution in [-0.4, -0.2) is 73.0 Å². The summed E-state index contributed by atoms with van der Waals surface area (Å²) in [6.07, 6.45) is -0.151. The van der Waals surface area contributed by atoms with Gasteiger partial charge in [-0.1, -0.05) is 6.92 Å². The molecule has 112 valence electrons. The number of nitrogens with zero attached hydrogens (tertiary/aromatic N) is 2. The van der Waals surface area contributed by atoms with Gasteiger partial charge in [-0.15, -0.1) is 24.8 Å². The van der Waals surface area contributed by atoms with Crippen LogP contribution in [0.1, 0.15) is 20.8 Å². The predicted molar refractivity (Wildman–Crippen MR) is 80.1 cm³/mol. The third-order valence-electron chi connectivity index (χ3n) is 3.00. The summed E-state index contributed by atoms with van der Waals surface area (Å²) in [5.41, 5.74) is 0. The third kappa shape index (κ3) is 8.51. The summed E-state index contributed by atoms with van der Waals surface area (Å²) in [7, 11) is 0. The summed E-state index contributed by atoms with van der Waals surface area (Å²) in [4.78, 5) is 4.76. The number of ether oxygens (including phenoxy) is 1. The molecule has 4 nitrogen and oxygen atoms in total. The molecule has 0 bridgehead atoms. The zero-order chi connectivity index (χ0) is 12.0. The molecule has 0 spiro atoms. The molecule has 1 atom stereocenters. The molecule has 1 aliphatic heterocycles. The number of piperazine rings is 1. The highest BCUT2D eigenvalue weighted by Crippen LogP contribution is 2.03. The lowest BCUT2D eigenvalue weighted by Gasteiger charge is -2.35. The van der Waals surface area contributed by atoms with Crippen LogP contribution in [0.3, 0.4) is 0 Å². The van der Waals surface area contributed by atoms with Crippen molar-refractivity contribution < 1.29 is 9.84 Å². The van der Waals surface area contributed by atoms with Crippen molar-refractivity contribution in [3.63, 3.8) is 0 Å². The second kappa shape index (κ2) is 11.3. The number of hydrogen-bond donors (Lipinski definition) is 1. The van der Waals surface area contributed by atoms with E-state index >= 15 is 0 Å². The van der Waals surface area contributed by atoms with E-state index in [4.69, 9.17) is 4.74 Å². The Labute approximate surface area is 123 Å². The topological polar surface area (TPSA) is 35.9 Å². The quantitative estimate of drug-likeness (QED) is 0.801. The van der Waals surface area contributed by atoms with Gasteiger partial charge in [-0.05, 0) is 20.4 Å². The fraction of sp³-hybridized carbons (Fsp3) is 1.00. The van der Waals surface area contributed by atoms with Crippen LogP contribution in [0.25, 0.3) is 0 Å². The highest BCUT2D eigenvalue weighted by Gasteiger charge is 2.18. The van der Waals surface area contributed by atoms with Crippen molar-refractivity contribution in [1.82, 2.24) is 9.80 Å². The first-order valence-electron chi connectivity index (χ1n) is 6.36. The smallest absolute Gasteiger partial charge is 0.0900 e. The van der Waals surface area contributed by atoms with Gasteiger partial charge >= 0.3 is 0 Å². The molecule has 1 unspecified atom stereocenters. The minimum absolute atomic E-state index is 0. The zero-order valence-electron chi connectivity index (χ0n) is 11.7. The highest BCUT2D eigenvalue weighted by molar-refractivity contribution is 5.85. The molecule has 0 aromatic rings. The van der Waals surface area contributed by atoms with Crippen LogP contribution in [-0.2, 0) is 4.74 Å². The largest absolute Gasteiger partial charge is 0.389 e. The first-order chi connectivity index (χ1) is 7.61. The fourth-order valence-corrected chi connectivity index (χ4v) is 1.94. The predicted octanol–water partition coefficient (Wildman–Crippen LogP) is 1.25. The van der Waals surface area contributed by atoms with Crippen LogP contribution >= 0.6 is 24.8 Å². The number of hydrogen-bond acceptors (Lipinski definition) is 4. The van der Waals surface area contributed by atoms with Crippen LogP contribution in [0.4, 0.5) is 0 Å². The molecule has 1 saturated heterocycles. The van der Waals surface area contributed by atoms with Crippen LogP contribution in [0.2, 0.25) is 0 Å². The summed E-state index contributed by atoms with van der Waals surface area (Å²) in [6, 6.07) is 0. The highest BCUT2D eigenvalue weighted by atomic mass is 35.5. The first kappa shape index (κ1) is 20.7. The Morgan fingerprint density at radius 3 is 2.00 bits per heavy atom. The lowest BCUT2D eigenvalue weighted by molar-refractivity contribution is -0.0142. The van der Waals surface area contributed by atoms with Crippen LogP contribution in [0, 0.1) is 0 Å². The van der Waals surface area contributed by atoms with Gasteiger partial charge in [-0.2, -0.15) is 0 Å². The van der Waals surface area contributed by atoms with E-state index in [-0.39, 0.29) is 37.0 Å². The molecule has 1 N–H and O–H groups in total. The van der Waals surface area contributed by atoms with Crippen molar-refractivity contribution in [3.8, 4) is 0 Å². The molecule has 1 rings (SSSR count). The molecule has 6 heteroatoms. The van der Waals surface area contributed by atoms with E-state index in [9.17, 15) is 5.11 Å². The second-order valence-corrected chi connectivity index (χ2v) is 4.77. The van der Waals surface area contributed by atoms with E-state index in [0.29, 0.717) is 6.61 Å². The minimum atomic E-state index is -0.351. The zero-order valence-corrected chi connectivity index (χ0v) is 13.3. The normalized spacial score (nSPS) is 19.2. The summed E-state index contributed by atoms with van der Waals surface area (Å²) in [5.74, 6) is 0. The van der Waals surface area contributed by atoms with Gasteiger partial charge < -0.3 is 14.7 Å². The molecule has 1 heterocycles. The number of aliphatic hydroxyl groups is 1. The first-order valence-corrected chi connectivity index (χ1v) is 6.36. The number of likely N-dealkylation sites (N-methyl/N-ethyl adjacent to an activating group) is 1. The molecule has 1 aliphatic rings.